The number of hydrogen-bond acceptors (Lipinski definition) is 3. The molecule has 0 aliphatic heterocycles. The highest BCUT2D eigenvalue weighted by Gasteiger charge is 2.32. The minimum atomic E-state index is -0.389. The van der Waals surface area contributed by atoms with Crippen LogP contribution in [0.5, 0.6) is 0 Å². The summed E-state index contributed by atoms with van der Waals surface area (Å²) in [6, 6.07) is 7.55. The predicted molar refractivity (Wildman–Crippen MR) is 80.2 cm³/mol. The molecule has 2 rings (SSSR count). The molecule has 4 nitrogen and oxygen atoms in total. The van der Waals surface area contributed by atoms with Gasteiger partial charge in [-0.3, -0.25) is 10.1 Å². The van der Waals surface area contributed by atoms with Crippen molar-refractivity contribution < 1.29 is 4.92 Å². The molecule has 0 radical (unpaired) electrons. The lowest BCUT2D eigenvalue weighted by Crippen LogP contribution is -2.21. The lowest BCUT2D eigenvalue weighted by molar-refractivity contribution is -0.385. The molecule has 0 atom stereocenters. The SMILES string of the molecule is N#CC1(Cc2cccc([N+](=O)[O-])c2Br)CCCCCC1. The van der Waals surface area contributed by atoms with Crippen molar-refractivity contribution in [1.82, 2.24) is 0 Å². The Labute approximate surface area is 127 Å². The summed E-state index contributed by atoms with van der Waals surface area (Å²) in [5, 5.41) is 20.6. The van der Waals surface area contributed by atoms with Crippen molar-refractivity contribution >= 4 is 21.6 Å². The van der Waals surface area contributed by atoms with Crippen LogP contribution in [-0.2, 0) is 6.42 Å². The number of nitro groups is 1. The second-order valence-corrected chi connectivity index (χ2v) is 6.28. The second-order valence-electron chi connectivity index (χ2n) is 5.49. The minimum absolute atomic E-state index is 0.0733. The normalized spacial score (nSPS) is 18.0. The van der Waals surface area contributed by atoms with Crippen LogP contribution >= 0.6 is 15.9 Å². The molecule has 0 bridgehead atoms. The van der Waals surface area contributed by atoms with Crippen LogP contribution in [0.2, 0.25) is 0 Å². The van der Waals surface area contributed by atoms with Crippen LogP contribution in [0.3, 0.4) is 0 Å². The van der Waals surface area contributed by atoms with E-state index in [1.165, 1.54) is 18.9 Å². The summed E-state index contributed by atoms with van der Waals surface area (Å²) in [5.41, 5.74) is 0.570. The number of nitro benzene ring substituents is 1. The fourth-order valence-electron chi connectivity index (χ4n) is 2.94. The lowest BCUT2D eigenvalue weighted by atomic mass is 9.77. The van der Waals surface area contributed by atoms with Gasteiger partial charge in [0, 0.05) is 6.07 Å². The smallest absolute Gasteiger partial charge is 0.258 e. The molecule has 1 aromatic rings. The summed E-state index contributed by atoms with van der Waals surface area (Å²) in [4.78, 5) is 10.6. The Hall–Kier alpha value is -1.41. The van der Waals surface area contributed by atoms with Crippen LogP contribution in [0.15, 0.2) is 22.7 Å². The second kappa shape index (κ2) is 6.36. The summed E-state index contributed by atoms with van der Waals surface area (Å²) in [5.74, 6) is 0. The van der Waals surface area contributed by atoms with Crippen LogP contribution in [0, 0.1) is 26.9 Å². The van der Waals surface area contributed by atoms with Crippen molar-refractivity contribution in [2.75, 3.05) is 0 Å². The van der Waals surface area contributed by atoms with Gasteiger partial charge < -0.3 is 0 Å². The molecule has 5 heteroatoms. The molecule has 1 saturated carbocycles. The van der Waals surface area contributed by atoms with E-state index in [1.54, 1.807) is 6.07 Å². The zero-order chi connectivity index (χ0) is 14.6. The first kappa shape index (κ1) is 15.0. The van der Waals surface area contributed by atoms with Crippen LogP contribution in [0.4, 0.5) is 5.69 Å². The fraction of sp³-hybridized carbons (Fsp3) is 0.533. The number of rotatable bonds is 3. The van der Waals surface area contributed by atoms with Gasteiger partial charge >= 0.3 is 0 Å². The molecular weight excluding hydrogens is 320 g/mol. The average Bonchev–Trinajstić information content (AvgIpc) is 2.67. The maximum atomic E-state index is 11.0. The van der Waals surface area contributed by atoms with E-state index in [4.69, 9.17) is 0 Å². The van der Waals surface area contributed by atoms with E-state index in [0.717, 1.165) is 31.2 Å². The molecule has 0 saturated heterocycles. The summed E-state index contributed by atoms with van der Waals surface area (Å²) >= 11 is 3.33. The number of nitriles is 1. The van der Waals surface area contributed by atoms with Gasteiger partial charge in [0.15, 0.2) is 0 Å². The Balaban J connectivity index is 2.30. The van der Waals surface area contributed by atoms with Gasteiger partial charge in [-0.05, 0) is 40.8 Å². The number of benzene rings is 1. The van der Waals surface area contributed by atoms with Gasteiger partial charge in [0.05, 0.1) is 20.9 Å². The van der Waals surface area contributed by atoms with E-state index in [1.807, 2.05) is 6.07 Å². The first-order chi connectivity index (χ1) is 9.58. The minimum Gasteiger partial charge on any atom is -0.258 e. The van der Waals surface area contributed by atoms with Gasteiger partial charge in [0.2, 0.25) is 0 Å². The van der Waals surface area contributed by atoms with E-state index in [9.17, 15) is 15.4 Å². The lowest BCUT2D eigenvalue weighted by Gasteiger charge is -2.25. The fourth-order valence-corrected chi connectivity index (χ4v) is 3.49. The largest absolute Gasteiger partial charge is 0.283 e. The third-order valence-electron chi connectivity index (χ3n) is 4.08. The van der Waals surface area contributed by atoms with Gasteiger partial charge in [-0.2, -0.15) is 5.26 Å². The molecule has 0 amide bonds. The molecule has 1 aliphatic carbocycles. The van der Waals surface area contributed by atoms with Crippen molar-refractivity contribution in [3.63, 3.8) is 0 Å². The zero-order valence-corrected chi connectivity index (χ0v) is 12.9. The van der Waals surface area contributed by atoms with Gasteiger partial charge in [0.1, 0.15) is 0 Å². The van der Waals surface area contributed by atoms with Crippen molar-refractivity contribution in [1.29, 1.82) is 5.26 Å². The van der Waals surface area contributed by atoms with Crippen LogP contribution in [0.1, 0.15) is 44.1 Å². The standard InChI is InChI=1S/C15H17BrN2O2/c16-14-12(6-5-7-13(14)18(19)20)10-15(11-17)8-3-1-2-4-9-15/h5-7H,1-4,8-10H2. The monoisotopic (exact) mass is 336 g/mol. The van der Waals surface area contributed by atoms with Gasteiger partial charge in [-0.1, -0.05) is 37.8 Å². The third-order valence-corrected chi connectivity index (χ3v) is 5.00. The van der Waals surface area contributed by atoms with Crippen molar-refractivity contribution in [2.45, 2.75) is 44.9 Å². The van der Waals surface area contributed by atoms with Gasteiger partial charge in [0.25, 0.3) is 5.69 Å². The Morgan fingerprint density at radius 1 is 1.30 bits per heavy atom. The highest BCUT2D eigenvalue weighted by atomic mass is 79.9. The van der Waals surface area contributed by atoms with Gasteiger partial charge in [-0.25, -0.2) is 0 Å². The number of halogens is 1. The Bertz CT molecular complexity index is 543. The van der Waals surface area contributed by atoms with Crippen molar-refractivity contribution in [2.24, 2.45) is 5.41 Å². The summed E-state index contributed by atoms with van der Waals surface area (Å²) in [6.45, 7) is 0. The van der Waals surface area contributed by atoms with Crippen LogP contribution in [-0.4, -0.2) is 4.92 Å². The summed E-state index contributed by atoms with van der Waals surface area (Å²) < 4.78 is 0.517. The molecule has 106 valence electrons. The van der Waals surface area contributed by atoms with E-state index < -0.39 is 0 Å². The van der Waals surface area contributed by atoms with Gasteiger partial charge in [-0.15, -0.1) is 0 Å². The Kier molecular flexibility index (Phi) is 4.77. The highest BCUT2D eigenvalue weighted by Crippen LogP contribution is 2.40. The average molecular weight is 337 g/mol. The van der Waals surface area contributed by atoms with Crippen molar-refractivity contribution in [3.8, 4) is 6.07 Å². The summed E-state index contributed by atoms with van der Waals surface area (Å²) in [6.07, 6.45) is 6.86. The molecule has 0 unspecified atom stereocenters. The Morgan fingerprint density at radius 3 is 2.50 bits per heavy atom. The molecule has 0 spiro atoms. The predicted octanol–water partition coefficient (Wildman–Crippen LogP) is 4.76. The molecule has 0 N–H and O–H groups in total. The summed E-state index contributed by atoms with van der Waals surface area (Å²) in [7, 11) is 0. The van der Waals surface area contributed by atoms with Crippen molar-refractivity contribution in [3.05, 3.63) is 38.3 Å². The molecule has 1 aliphatic rings. The molecule has 20 heavy (non-hydrogen) atoms. The quantitative estimate of drug-likeness (QED) is 0.453. The maximum absolute atomic E-state index is 11.0. The van der Waals surface area contributed by atoms with Crippen LogP contribution in [0.25, 0.3) is 0 Å². The molecule has 0 aromatic heterocycles. The maximum Gasteiger partial charge on any atom is 0.283 e. The molecular formula is C15H17BrN2O2. The zero-order valence-electron chi connectivity index (χ0n) is 11.3. The first-order valence-electron chi connectivity index (χ1n) is 6.91. The number of hydrogen-bond donors (Lipinski definition) is 0. The van der Waals surface area contributed by atoms with E-state index >= 15 is 0 Å². The first-order valence-corrected chi connectivity index (χ1v) is 7.70. The van der Waals surface area contributed by atoms with E-state index in [2.05, 4.69) is 22.0 Å². The third kappa shape index (κ3) is 3.18. The molecule has 1 fully saturated rings. The Morgan fingerprint density at radius 2 is 1.95 bits per heavy atom. The van der Waals surface area contributed by atoms with E-state index in [0.29, 0.717) is 10.9 Å². The molecule has 0 heterocycles. The van der Waals surface area contributed by atoms with E-state index in [-0.39, 0.29) is 16.0 Å². The number of nitrogens with zero attached hydrogens (tertiary/aromatic N) is 2. The molecule has 1 aromatic carbocycles. The highest BCUT2D eigenvalue weighted by molar-refractivity contribution is 9.10. The van der Waals surface area contributed by atoms with Crippen LogP contribution < -0.4 is 0 Å². The topological polar surface area (TPSA) is 66.9 Å².